The molecule has 13 heavy (non-hydrogen) atoms. The van der Waals surface area contributed by atoms with Gasteiger partial charge in [0.15, 0.2) is 0 Å². The van der Waals surface area contributed by atoms with E-state index in [1.54, 1.807) is 7.11 Å². The summed E-state index contributed by atoms with van der Waals surface area (Å²) in [6, 6.07) is 7.93. The summed E-state index contributed by atoms with van der Waals surface area (Å²) in [5.41, 5.74) is 6.61. The monoisotopic (exact) mass is 195 g/mol. The van der Waals surface area contributed by atoms with Gasteiger partial charge in [-0.1, -0.05) is 24.4 Å². The van der Waals surface area contributed by atoms with Crippen LogP contribution in [-0.2, 0) is 6.42 Å². The Morgan fingerprint density at radius 1 is 1.54 bits per heavy atom. The first-order valence-electron chi connectivity index (χ1n) is 4.13. The first-order valence-corrected chi connectivity index (χ1v) is 4.54. The van der Waals surface area contributed by atoms with E-state index in [4.69, 9.17) is 22.7 Å². The molecule has 0 spiro atoms. The number of hydrogen-bond donors (Lipinski definition) is 1. The van der Waals surface area contributed by atoms with Crippen LogP contribution in [0.15, 0.2) is 24.3 Å². The number of hydrogen-bond acceptors (Lipinski definition) is 2. The molecule has 0 fully saturated rings. The smallest absolute Gasteiger partial charge is 0.119 e. The number of rotatable bonds is 4. The number of benzene rings is 1. The van der Waals surface area contributed by atoms with Crippen molar-refractivity contribution in [3.63, 3.8) is 0 Å². The third-order valence-corrected chi connectivity index (χ3v) is 2.00. The Kier molecular flexibility index (Phi) is 3.71. The largest absolute Gasteiger partial charge is 0.497 e. The van der Waals surface area contributed by atoms with E-state index in [0.29, 0.717) is 4.99 Å². The summed E-state index contributed by atoms with van der Waals surface area (Å²) in [6.07, 6.45) is 1.63. The molecule has 3 heteroatoms. The van der Waals surface area contributed by atoms with Crippen LogP contribution in [0.25, 0.3) is 0 Å². The van der Waals surface area contributed by atoms with Gasteiger partial charge in [0.2, 0.25) is 0 Å². The summed E-state index contributed by atoms with van der Waals surface area (Å²) in [4.78, 5) is 0.558. The second kappa shape index (κ2) is 4.82. The van der Waals surface area contributed by atoms with Crippen molar-refractivity contribution in [2.24, 2.45) is 5.73 Å². The Hall–Kier alpha value is -1.09. The summed E-state index contributed by atoms with van der Waals surface area (Å²) in [6.45, 7) is 0. The summed E-state index contributed by atoms with van der Waals surface area (Å²) < 4.78 is 5.10. The third kappa shape index (κ3) is 3.42. The molecule has 0 amide bonds. The van der Waals surface area contributed by atoms with Gasteiger partial charge in [-0.3, -0.25) is 0 Å². The van der Waals surface area contributed by atoms with E-state index in [0.717, 1.165) is 18.6 Å². The van der Waals surface area contributed by atoms with Crippen LogP contribution in [0, 0.1) is 0 Å². The maximum atomic E-state index is 5.41. The number of thiocarbonyl (C=S) groups is 1. The van der Waals surface area contributed by atoms with E-state index in [2.05, 4.69) is 0 Å². The van der Waals surface area contributed by atoms with Crippen molar-refractivity contribution in [1.82, 2.24) is 0 Å². The number of nitrogens with two attached hydrogens (primary N) is 1. The maximum absolute atomic E-state index is 5.41. The predicted octanol–water partition coefficient (Wildman–Crippen LogP) is 1.91. The van der Waals surface area contributed by atoms with Crippen LogP contribution in [0.1, 0.15) is 12.0 Å². The predicted molar refractivity (Wildman–Crippen MR) is 58.1 cm³/mol. The fourth-order valence-corrected chi connectivity index (χ4v) is 1.20. The average molecular weight is 195 g/mol. The van der Waals surface area contributed by atoms with Gasteiger partial charge < -0.3 is 10.5 Å². The summed E-state index contributed by atoms with van der Waals surface area (Å²) in [5.74, 6) is 0.875. The molecule has 1 aromatic carbocycles. The van der Waals surface area contributed by atoms with Crippen LogP contribution in [0.4, 0.5) is 0 Å². The highest BCUT2D eigenvalue weighted by molar-refractivity contribution is 7.80. The molecule has 2 N–H and O–H groups in total. The molecule has 0 aliphatic heterocycles. The Labute approximate surface area is 83.7 Å². The van der Waals surface area contributed by atoms with Crippen LogP contribution in [-0.4, -0.2) is 12.1 Å². The van der Waals surface area contributed by atoms with Gasteiger partial charge in [0, 0.05) is 6.42 Å². The molecule has 70 valence electrons. The molecule has 0 aromatic heterocycles. The van der Waals surface area contributed by atoms with Gasteiger partial charge in [-0.15, -0.1) is 0 Å². The fraction of sp³-hybridized carbons (Fsp3) is 0.300. The van der Waals surface area contributed by atoms with Crippen LogP contribution >= 0.6 is 12.2 Å². The molecule has 0 aliphatic rings. The molecule has 0 radical (unpaired) electrons. The first kappa shape index (κ1) is 9.99. The molecule has 0 heterocycles. The number of aryl methyl sites for hydroxylation is 1. The molecule has 1 rings (SSSR count). The molecule has 0 unspecified atom stereocenters. The molecular formula is C10H13NOS. The van der Waals surface area contributed by atoms with E-state index in [9.17, 15) is 0 Å². The van der Waals surface area contributed by atoms with E-state index in [1.165, 1.54) is 5.56 Å². The van der Waals surface area contributed by atoms with Gasteiger partial charge in [-0.25, -0.2) is 0 Å². The highest BCUT2D eigenvalue weighted by Crippen LogP contribution is 2.13. The van der Waals surface area contributed by atoms with Crippen LogP contribution < -0.4 is 10.5 Å². The Morgan fingerprint density at radius 3 is 2.92 bits per heavy atom. The van der Waals surface area contributed by atoms with Crippen LogP contribution in [0.2, 0.25) is 0 Å². The Bertz CT molecular complexity index is 299. The lowest BCUT2D eigenvalue weighted by atomic mass is 10.1. The van der Waals surface area contributed by atoms with Crippen LogP contribution in [0.3, 0.4) is 0 Å². The third-order valence-electron chi connectivity index (χ3n) is 1.79. The SMILES string of the molecule is COc1cccc(CCC(N)=S)c1. The fourth-order valence-electron chi connectivity index (χ4n) is 1.10. The van der Waals surface area contributed by atoms with E-state index < -0.39 is 0 Å². The normalized spacial score (nSPS) is 9.62. The Balaban J connectivity index is 2.61. The highest BCUT2D eigenvalue weighted by Gasteiger charge is 1.96. The van der Waals surface area contributed by atoms with Gasteiger partial charge in [0.05, 0.1) is 12.1 Å². The summed E-state index contributed by atoms with van der Waals surface area (Å²) in [5, 5.41) is 0. The standard InChI is InChI=1S/C10H13NOS/c1-12-9-4-2-3-8(7-9)5-6-10(11)13/h2-4,7H,5-6H2,1H3,(H2,11,13). The Morgan fingerprint density at radius 2 is 2.31 bits per heavy atom. The van der Waals surface area contributed by atoms with Crippen molar-refractivity contribution < 1.29 is 4.74 Å². The summed E-state index contributed by atoms with van der Waals surface area (Å²) >= 11 is 4.80. The quantitative estimate of drug-likeness (QED) is 0.745. The zero-order valence-electron chi connectivity index (χ0n) is 7.62. The van der Waals surface area contributed by atoms with Gasteiger partial charge in [0.1, 0.15) is 5.75 Å². The molecule has 2 nitrogen and oxygen atoms in total. The number of ether oxygens (including phenoxy) is 1. The molecule has 1 aromatic rings. The minimum absolute atomic E-state index is 0.558. The van der Waals surface area contributed by atoms with E-state index in [-0.39, 0.29) is 0 Å². The lowest BCUT2D eigenvalue weighted by molar-refractivity contribution is 0.414. The molecule has 0 saturated carbocycles. The topological polar surface area (TPSA) is 35.2 Å². The first-order chi connectivity index (χ1) is 6.22. The molecule has 0 atom stereocenters. The van der Waals surface area contributed by atoms with Gasteiger partial charge >= 0.3 is 0 Å². The number of methoxy groups -OCH3 is 1. The second-order valence-corrected chi connectivity index (χ2v) is 3.34. The second-order valence-electron chi connectivity index (χ2n) is 2.82. The zero-order valence-corrected chi connectivity index (χ0v) is 8.43. The summed E-state index contributed by atoms with van der Waals surface area (Å²) in [7, 11) is 1.66. The zero-order chi connectivity index (χ0) is 9.68. The minimum Gasteiger partial charge on any atom is -0.497 e. The van der Waals surface area contributed by atoms with Crippen molar-refractivity contribution >= 4 is 17.2 Å². The van der Waals surface area contributed by atoms with Gasteiger partial charge in [0.25, 0.3) is 0 Å². The maximum Gasteiger partial charge on any atom is 0.119 e. The lowest BCUT2D eigenvalue weighted by Gasteiger charge is -2.03. The van der Waals surface area contributed by atoms with E-state index >= 15 is 0 Å². The lowest BCUT2D eigenvalue weighted by Crippen LogP contribution is -2.08. The van der Waals surface area contributed by atoms with Crippen molar-refractivity contribution in [2.75, 3.05) is 7.11 Å². The van der Waals surface area contributed by atoms with Crippen molar-refractivity contribution in [1.29, 1.82) is 0 Å². The molecule has 0 aliphatic carbocycles. The van der Waals surface area contributed by atoms with Crippen molar-refractivity contribution in [3.8, 4) is 5.75 Å². The molecule has 0 saturated heterocycles. The minimum atomic E-state index is 0.558. The van der Waals surface area contributed by atoms with Gasteiger partial charge in [-0.2, -0.15) is 0 Å². The van der Waals surface area contributed by atoms with Crippen molar-refractivity contribution in [2.45, 2.75) is 12.8 Å². The van der Waals surface area contributed by atoms with Crippen molar-refractivity contribution in [3.05, 3.63) is 29.8 Å². The molecular weight excluding hydrogens is 182 g/mol. The molecule has 0 bridgehead atoms. The van der Waals surface area contributed by atoms with Gasteiger partial charge in [-0.05, 0) is 24.1 Å². The van der Waals surface area contributed by atoms with E-state index in [1.807, 2.05) is 24.3 Å². The average Bonchev–Trinajstić information content (AvgIpc) is 2.15. The highest BCUT2D eigenvalue weighted by atomic mass is 32.1. The van der Waals surface area contributed by atoms with Crippen LogP contribution in [0.5, 0.6) is 5.75 Å².